The van der Waals surface area contributed by atoms with E-state index in [4.69, 9.17) is 4.84 Å². The van der Waals surface area contributed by atoms with Gasteiger partial charge < -0.3 is 10.2 Å². The number of oxime groups is 1. The second-order valence-electron chi connectivity index (χ2n) is 6.77. The molecule has 0 radical (unpaired) electrons. The van der Waals surface area contributed by atoms with Gasteiger partial charge in [0.1, 0.15) is 11.8 Å². The number of nitrogens with one attached hydrogen (secondary N) is 1. The van der Waals surface area contributed by atoms with Gasteiger partial charge in [-0.15, -0.1) is 0 Å². The van der Waals surface area contributed by atoms with Gasteiger partial charge in [-0.1, -0.05) is 66.7 Å². The normalized spacial score (nSPS) is 17.2. The molecule has 2 aromatic carbocycles. The highest BCUT2D eigenvalue weighted by atomic mass is 16.6. The summed E-state index contributed by atoms with van der Waals surface area (Å²) in [6.45, 7) is 2.50. The Balaban J connectivity index is 1.37. The van der Waals surface area contributed by atoms with E-state index in [0.29, 0.717) is 18.7 Å². The Hall–Kier alpha value is -3.21. The van der Waals surface area contributed by atoms with Gasteiger partial charge >= 0.3 is 0 Å². The Morgan fingerprint density at radius 3 is 2.78 bits per heavy atom. The summed E-state index contributed by atoms with van der Waals surface area (Å²) in [6.07, 6.45) is 2.36. The summed E-state index contributed by atoms with van der Waals surface area (Å²) in [5.74, 6) is 0.0388. The van der Waals surface area contributed by atoms with Gasteiger partial charge in [0.2, 0.25) is 0 Å². The largest absolute Gasteiger partial charge is 0.391 e. The molecule has 5 heteroatoms. The molecule has 1 N–H and O–H groups in total. The maximum Gasteiger partial charge on any atom is 0.270 e. The lowest BCUT2D eigenvalue weighted by atomic mass is 9.92. The van der Waals surface area contributed by atoms with Gasteiger partial charge in [-0.05, 0) is 17.0 Å². The molecule has 0 saturated carbocycles. The minimum absolute atomic E-state index is 0.00465. The minimum Gasteiger partial charge on any atom is -0.391 e. The van der Waals surface area contributed by atoms with Crippen LogP contribution in [-0.4, -0.2) is 29.3 Å². The summed E-state index contributed by atoms with van der Waals surface area (Å²) < 4.78 is 0. The Morgan fingerprint density at radius 2 is 1.93 bits per heavy atom. The summed E-state index contributed by atoms with van der Waals surface area (Å²) in [7, 11) is 0. The zero-order chi connectivity index (χ0) is 18.6. The Labute approximate surface area is 158 Å². The lowest BCUT2D eigenvalue weighted by Crippen LogP contribution is -2.30. The van der Waals surface area contributed by atoms with Gasteiger partial charge in [-0.3, -0.25) is 9.78 Å². The number of hydrogen-bond donors (Lipinski definition) is 1. The first-order valence-corrected chi connectivity index (χ1v) is 9.11. The molecule has 2 atom stereocenters. The molecule has 2 heterocycles. The van der Waals surface area contributed by atoms with Crippen LogP contribution in [-0.2, 0) is 4.84 Å². The summed E-state index contributed by atoms with van der Waals surface area (Å²) in [5.41, 5.74) is 2.50. The summed E-state index contributed by atoms with van der Waals surface area (Å²) >= 11 is 0. The number of hydrogen-bond acceptors (Lipinski definition) is 4. The van der Waals surface area contributed by atoms with Crippen LogP contribution in [0.1, 0.15) is 35.3 Å². The number of nitrogens with zero attached hydrogens (tertiary/aromatic N) is 2. The van der Waals surface area contributed by atoms with Crippen LogP contribution in [0.4, 0.5) is 0 Å². The van der Waals surface area contributed by atoms with Crippen molar-refractivity contribution in [3.05, 3.63) is 78.1 Å². The fraction of sp³-hybridized carbons (Fsp3) is 0.227. The van der Waals surface area contributed by atoms with Gasteiger partial charge in [-0.25, -0.2) is 0 Å². The number of fused-ring (bicyclic) bond motifs is 1. The molecule has 5 nitrogen and oxygen atoms in total. The molecule has 1 aliphatic rings. The predicted octanol–water partition coefficient (Wildman–Crippen LogP) is 3.91. The lowest BCUT2D eigenvalue weighted by Gasteiger charge is -2.17. The van der Waals surface area contributed by atoms with Crippen LogP contribution >= 0.6 is 0 Å². The molecule has 1 aromatic heterocycles. The molecule has 3 aromatic rings. The third kappa shape index (κ3) is 3.67. The topological polar surface area (TPSA) is 63.6 Å². The van der Waals surface area contributed by atoms with E-state index >= 15 is 0 Å². The van der Waals surface area contributed by atoms with Crippen LogP contribution in [0.25, 0.3) is 10.8 Å². The first kappa shape index (κ1) is 17.2. The van der Waals surface area contributed by atoms with Crippen LogP contribution < -0.4 is 5.32 Å². The van der Waals surface area contributed by atoms with Gasteiger partial charge in [0, 0.05) is 23.9 Å². The molecule has 0 fully saturated rings. The van der Waals surface area contributed by atoms with Crippen molar-refractivity contribution in [2.24, 2.45) is 5.16 Å². The standard InChI is InChI=1S/C22H21N3O2/c1-15(16-7-3-2-4-8-16)20-13-18(25-27-20)14-24-22(26)21-19-10-6-5-9-17(19)11-12-23-21/h2-12,15,20H,13-14H2,1H3,(H,24,26). The smallest absolute Gasteiger partial charge is 0.270 e. The molecule has 0 saturated heterocycles. The summed E-state index contributed by atoms with van der Waals surface area (Å²) in [6, 6.07) is 19.9. The fourth-order valence-corrected chi connectivity index (χ4v) is 3.36. The van der Waals surface area contributed by atoms with E-state index in [0.717, 1.165) is 16.5 Å². The van der Waals surface area contributed by atoms with Crippen molar-refractivity contribution >= 4 is 22.4 Å². The van der Waals surface area contributed by atoms with Gasteiger partial charge in [0.05, 0.1) is 12.3 Å². The molecule has 1 aliphatic heterocycles. The van der Waals surface area contributed by atoms with Crippen LogP contribution in [0.2, 0.25) is 0 Å². The van der Waals surface area contributed by atoms with E-state index in [1.54, 1.807) is 6.20 Å². The highest BCUT2D eigenvalue weighted by molar-refractivity contribution is 6.06. The maximum absolute atomic E-state index is 12.6. The Bertz CT molecular complexity index is 980. The van der Waals surface area contributed by atoms with Gasteiger partial charge in [0.15, 0.2) is 0 Å². The minimum atomic E-state index is -0.200. The van der Waals surface area contributed by atoms with Crippen molar-refractivity contribution in [1.82, 2.24) is 10.3 Å². The highest BCUT2D eigenvalue weighted by Crippen LogP contribution is 2.27. The maximum atomic E-state index is 12.6. The average molecular weight is 359 g/mol. The number of pyridine rings is 1. The number of carbonyl (C=O) groups excluding carboxylic acids is 1. The zero-order valence-electron chi connectivity index (χ0n) is 15.1. The van der Waals surface area contributed by atoms with Crippen molar-refractivity contribution < 1.29 is 9.63 Å². The van der Waals surface area contributed by atoms with E-state index in [9.17, 15) is 4.79 Å². The first-order valence-electron chi connectivity index (χ1n) is 9.11. The second kappa shape index (κ2) is 7.58. The second-order valence-corrected chi connectivity index (χ2v) is 6.77. The molecular weight excluding hydrogens is 338 g/mol. The summed E-state index contributed by atoms with van der Waals surface area (Å²) in [5, 5.41) is 8.93. The monoisotopic (exact) mass is 359 g/mol. The van der Waals surface area contributed by atoms with Crippen molar-refractivity contribution in [2.45, 2.75) is 25.4 Å². The van der Waals surface area contributed by atoms with Crippen LogP contribution in [0, 0.1) is 0 Å². The van der Waals surface area contributed by atoms with Gasteiger partial charge in [0.25, 0.3) is 5.91 Å². The molecule has 136 valence electrons. The average Bonchev–Trinajstić information content (AvgIpc) is 3.20. The molecule has 0 bridgehead atoms. The fourth-order valence-electron chi connectivity index (χ4n) is 3.36. The number of aromatic nitrogens is 1. The van der Waals surface area contributed by atoms with E-state index in [1.807, 2.05) is 48.5 Å². The number of rotatable bonds is 5. The van der Waals surface area contributed by atoms with Crippen LogP contribution in [0.15, 0.2) is 72.0 Å². The summed E-state index contributed by atoms with van der Waals surface area (Å²) in [4.78, 5) is 22.4. The van der Waals surface area contributed by atoms with E-state index in [-0.39, 0.29) is 17.9 Å². The third-order valence-electron chi connectivity index (χ3n) is 4.98. The first-order chi connectivity index (χ1) is 13.2. The SMILES string of the molecule is CC(c1ccccc1)C1CC(CNC(=O)c2nccc3ccccc23)=NO1. The van der Waals surface area contributed by atoms with Crippen LogP contribution in [0.5, 0.6) is 0 Å². The molecule has 1 amide bonds. The Morgan fingerprint density at radius 1 is 1.15 bits per heavy atom. The van der Waals surface area contributed by atoms with Crippen molar-refractivity contribution in [3.8, 4) is 0 Å². The van der Waals surface area contributed by atoms with E-state index in [2.05, 4.69) is 34.5 Å². The third-order valence-corrected chi connectivity index (χ3v) is 4.98. The predicted molar refractivity (Wildman–Crippen MR) is 106 cm³/mol. The van der Waals surface area contributed by atoms with Crippen molar-refractivity contribution in [3.63, 3.8) is 0 Å². The number of amides is 1. The number of carbonyl (C=O) groups is 1. The molecule has 27 heavy (non-hydrogen) atoms. The molecule has 4 rings (SSSR count). The molecular formula is C22H21N3O2. The van der Waals surface area contributed by atoms with Crippen LogP contribution in [0.3, 0.4) is 0 Å². The molecule has 2 unspecified atom stereocenters. The lowest BCUT2D eigenvalue weighted by molar-refractivity contribution is 0.0686. The van der Waals surface area contributed by atoms with Crippen molar-refractivity contribution in [2.75, 3.05) is 6.54 Å². The highest BCUT2D eigenvalue weighted by Gasteiger charge is 2.28. The Kier molecular flexibility index (Phi) is 4.83. The number of benzene rings is 2. The quantitative estimate of drug-likeness (QED) is 0.751. The molecule has 0 aliphatic carbocycles. The van der Waals surface area contributed by atoms with E-state index < -0.39 is 0 Å². The van der Waals surface area contributed by atoms with E-state index in [1.165, 1.54) is 5.56 Å². The van der Waals surface area contributed by atoms with Gasteiger partial charge in [-0.2, -0.15) is 0 Å². The van der Waals surface area contributed by atoms with Crippen molar-refractivity contribution in [1.29, 1.82) is 0 Å². The molecule has 0 spiro atoms. The zero-order valence-corrected chi connectivity index (χ0v) is 15.1.